The van der Waals surface area contributed by atoms with E-state index in [2.05, 4.69) is 60.7 Å². The Kier molecular flexibility index (Phi) is 10.4. The highest BCUT2D eigenvalue weighted by Crippen LogP contribution is 2.34. The van der Waals surface area contributed by atoms with E-state index in [4.69, 9.17) is 20.9 Å². The zero-order valence-corrected chi connectivity index (χ0v) is 30.0. The van der Waals surface area contributed by atoms with Gasteiger partial charge in [-0.2, -0.15) is 9.97 Å². The van der Waals surface area contributed by atoms with Crippen LogP contribution in [-0.4, -0.2) is 75.5 Å². The number of nitrogens with one attached hydrogen (secondary N) is 2. The zero-order chi connectivity index (χ0) is 34.8. The Hall–Kier alpha value is -4.04. The van der Waals surface area contributed by atoms with Crippen LogP contribution in [-0.2, 0) is 6.42 Å². The minimum atomic E-state index is 0.0622. The summed E-state index contributed by atoms with van der Waals surface area (Å²) < 4.78 is 15.3. The summed E-state index contributed by atoms with van der Waals surface area (Å²) in [5, 5.41) is 16.4. The van der Waals surface area contributed by atoms with Gasteiger partial charge in [0.1, 0.15) is 0 Å². The van der Waals surface area contributed by atoms with Crippen molar-refractivity contribution >= 4 is 29.0 Å². The second-order valence-electron chi connectivity index (χ2n) is 14.9. The van der Waals surface area contributed by atoms with Gasteiger partial charge in [-0.25, -0.2) is 19.0 Å². The maximum absolute atomic E-state index is 6.08. The molecular weight excluding hydrogens is 632 g/mol. The van der Waals surface area contributed by atoms with Crippen LogP contribution >= 0.6 is 0 Å². The number of ether oxygens (including phenoxy) is 2. The van der Waals surface area contributed by atoms with Crippen molar-refractivity contribution in [3.63, 3.8) is 0 Å². The summed E-state index contributed by atoms with van der Waals surface area (Å²) in [4.78, 5) is 17.3. The van der Waals surface area contributed by atoms with Crippen molar-refractivity contribution in [2.75, 3.05) is 11.5 Å². The Morgan fingerprint density at radius 2 is 1.30 bits per heavy atom. The number of piperidine rings is 2. The predicted molar refractivity (Wildman–Crippen MR) is 194 cm³/mol. The lowest BCUT2D eigenvalue weighted by Crippen LogP contribution is -2.38. The van der Waals surface area contributed by atoms with Crippen molar-refractivity contribution in [3.8, 4) is 12.0 Å². The number of aromatic nitrogens is 8. The molecule has 270 valence electrons. The number of hydrogen-bond acceptors (Lipinski definition) is 12. The molecule has 50 heavy (non-hydrogen) atoms. The lowest BCUT2D eigenvalue weighted by molar-refractivity contribution is 0.189. The minimum Gasteiger partial charge on any atom is -0.459 e. The van der Waals surface area contributed by atoms with Gasteiger partial charge in [0.15, 0.2) is 22.9 Å². The topological polar surface area (TPSA) is 181 Å². The Morgan fingerprint density at radius 3 is 1.90 bits per heavy atom. The lowest BCUT2D eigenvalue weighted by Gasteiger charge is -2.28. The Labute approximate surface area is 294 Å². The molecule has 4 unspecified atom stereocenters. The first-order valence-electron chi connectivity index (χ1n) is 18.8. The standard InChI is InChI=1S/C18H28N6O.C18H26N6O/c2*1-3-4-11(2)25-18-22-16(19)17-20-10-15(24(17)23-18)9-12-7-13-5-6-14(8-12)21-13/h10-14,21H,3-9H2,1-2H3,(H2,19,22,23);9-11,13-14,21H,3-8H2,1-2H3,(H2,19,22,23)/t11-,12?,13?,14?;11-,13?,14?/m00/s1. The maximum Gasteiger partial charge on any atom is 0.336 e. The maximum atomic E-state index is 6.08. The second-order valence-corrected chi connectivity index (χ2v) is 14.9. The van der Waals surface area contributed by atoms with Crippen LogP contribution in [0.25, 0.3) is 17.4 Å². The summed E-state index contributed by atoms with van der Waals surface area (Å²) in [7, 11) is 0. The molecule has 4 fully saturated rings. The minimum absolute atomic E-state index is 0.0622. The molecule has 4 aliphatic heterocycles. The first-order chi connectivity index (χ1) is 24.2. The lowest BCUT2D eigenvalue weighted by atomic mass is 9.89. The number of rotatable bonds is 11. The number of nitrogen functional groups attached to an aromatic ring is 2. The van der Waals surface area contributed by atoms with Gasteiger partial charge in [0.25, 0.3) is 0 Å². The van der Waals surface area contributed by atoms with Crippen molar-refractivity contribution < 1.29 is 9.47 Å². The fraction of sp³-hybridized carbons (Fsp3) is 0.667. The Morgan fingerprint density at radius 1 is 0.780 bits per heavy atom. The van der Waals surface area contributed by atoms with Gasteiger partial charge in [0.05, 0.1) is 36.0 Å². The number of hydrogen-bond donors (Lipinski definition) is 4. The van der Waals surface area contributed by atoms with Crippen molar-refractivity contribution in [2.45, 2.75) is 148 Å². The predicted octanol–water partition coefficient (Wildman–Crippen LogP) is 4.92. The first kappa shape index (κ1) is 34.4. The third-order valence-electron chi connectivity index (χ3n) is 10.6. The SMILES string of the molecule is CCC[C@H](C)Oc1nc(N)c2ncc(C=C3CC4CCC(C3)N4)n2n1.CCC[C@H](C)Oc1nc(N)c2ncc(CC3CC4CCC(C3)N4)n2n1. The first-order valence-corrected chi connectivity index (χ1v) is 18.8. The van der Waals surface area contributed by atoms with E-state index in [9.17, 15) is 0 Å². The molecule has 0 spiro atoms. The molecule has 0 aromatic carbocycles. The van der Waals surface area contributed by atoms with Crippen molar-refractivity contribution in [2.24, 2.45) is 5.92 Å². The summed E-state index contributed by atoms with van der Waals surface area (Å²) >= 11 is 0. The van der Waals surface area contributed by atoms with Gasteiger partial charge >= 0.3 is 12.0 Å². The van der Waals surface area contributed by atoms with Crippen LogP contribution in [0.3, 0.4) is 0 Å². The fourth-order valence-electron chi connectivity index (χ4n) is 8.36. The molecule has 8 heterocycles. The molecule has 14 heteroatoms. The van der Waals surface area contributed by atoms with Crippen LogP contribution in [0.2, 0.25) is 0 Å². The molecule has 4 aliphatic rings. The molecule has 14 nitrogen and oxygen atoms in total. The van der Waals surface area contributed by atoms with Crippen molar-refractivity contribution in [1.82, 2.24) is 49.8 Å². The molecule has 4 saturated heterocycles. The van der Waals surface area contributed by atoms with Crippen LogP contribution in [0, 0.1) is 5.92 Å². The zero-order valence-electron chi connectivity index (χ0n) is 30.0. The van der Waals surface area contributed by atoms with Gasteiger partial charge in [-0.15, -0.1) is 10.2 Å². The number of fused-ring (bicyclic) bond motifs is 6. The van der Waals surface area contributed by atoms with E-state index in [1.807, 2.05) is 30.8 Å². The van der Waals surface area contributed by atoms with Gasteiger partial charge in [0.2, 0.25) is 0 Å². The van der Waals surface area contributed by atoms with Crippen LogP contribution in [0.5, 0.6) is 12.0 Å². The average molecular weight is 687 g/mol. The monoisotopic (exact) mass is 686 g/mol. The Balaban J connectivity index is 0.000000157. The number of nitrogens with two attached hydrogens (primary N) is 2. The average Bonchev–Trinajstić information content (AvgIpc) is 3.84. The van der Waals surface area contributed by atoms with E-state index in [1.54, 1.807) is 4.52 Å². The van der Waals surface area contributed by atoms with Crippen LogP contribution in [0.1, 0.15) is 116 Å². The highest BCUT2D eigenvalue weighted by Gasteiger charge is 2.34. The highest BCUT2D eigenvalue weighted by atomic mass is 16.5. The van der Waals surface area contributed by atoms with E-state index in [1.165, 1.54) is 44.1 Å². The van der Waals surface area contributed by atoms with E-state index in [0.717, 1.165) is 56.3 Å². The van der Waals surface area contributed by atoms with Gasteiger partial charge in [-0.1, -0.05) is 32.3 Å². The molecule has 8 rings (SSSR count). The van der Waals surface area contributed by atoms with Gasteiger partial charge in [-0.3, -0.25) is 0 Å². The fourth-order valence-corrected chi connectivity index (χ4v) is 8.36. The van der Waals surface area contributed by atoms with Crippen LogP contribution < -0.4 is 31.6 Å². The molecule has 6 N–H and O–H groups in total. The molecule has 0 aliphatic carbocycles. The van der Waals surface area contributed by atoms with E-state index in [-0.39, 0.29) is 12.2 Å². The normalized spacial score (nSPS) is 25.4. The van der Waals surface area contributed by atoms with E-state index < -0.39 is 0 Å². The Bertz CT molecular complexity index is 1780. The summed E-state index contributed by atoms with van der Waals surface area (Å²) in [5.41, 5.74) is 16.8. The van der Waals surface area contributed by atoms with Crippen LogP contribution in [0.4, 0.5) is 11.6 Å². The highest BCUT2D eigenvalue weighted by molar-refractivity contribution is 5.64. The van der Waals surface area contributed by atoms with Crippen LogP contribution in [0.15, 0.2) is 18.0 Å². The third-order valence-corrected chi connectivity index (χ3v) is 10.6. The van der Waals surface area contributed by atoms with Crippen molar-refractivity contribution in [1.29, 1.82) is 0 Å². The van der Waals surface area contributed by atoms with Gasteiger partial charge in [0, 0.05) is 24.2 Å². The number of anilines is 2. The summed E-state index contributed by atoms with van der Waals surface area (Å²) in [6.45, 7) is 8.32. The number of imidazole rings is 2. The van der Waals surface area contributed by atoms with Gasteiger partial charge < -0.3 is 31.6 Å². The quantitative estimate of drug-likeness (QED) is 0.168. The smallest absolute Gasteiger partial charge is 0.336 e. The largest absolute Gasteiger partial charge is 0.459 e. The van der Waals surface area contributed by atoms with E-state index in [0.29, 0.717) is 65.0 Å². The molecule has 0 radical (unpaired) electrons. The van der Waals surface area contributed by atoms with E-state index >= 15 is 0 Å². The summed E-state index contributed by atoms with van der Waals surface area (Å²) in [6, 6.07) is 3.28. The molecule has 6 atom stereocenters. The summed E-state index contributed by atoms with van der Waals surface area (Å²) in [6.07, 6.45) is 20.9. The van der Waals surface area contributed by atoms with Gasteiger partial charge in [-0.05, 0) is 96.5 Å². The third kappa shape index (κ3) is 7.80. The number of nitrogens with zero attached hydrogens (tertiary/aromatic N) is 8. The summed E-state index contributed by atoms with van der Waals surface area (Å²) in [5.74, 6) is 1.41. The molecule has 4 aromatic rings. The molecular formula is C36H54N12O2. The second kappa shape index (κ2) is 15.1. The molecule has 0 amide bonds. The molecule has 4 bridgehead atoms. The molecule has 0 saturated carbocycles. The molecule has 4 aromatic heterocycles. The van der Waals surface area contributed by atoms with Crippen molar-refractivity contribution in [3.05, 3.63) is 29.4 Å².